The van der Waals surface area contributed by atoms with Gasteiger partial charge in [-0.2, -0.15) is 0 Å². The van der Waals surface area contributed by atoms with Crippen molar-refractivity contribution < 1.29 is 9.63 Å². The number of halogens is 1. The van der Waals surface area contributed by atoms with Gasteiger partial charge in [0, 0.05) is 10.0 Å². The first kappa shape index (κ1) is 11.0. The van der Waals surface area contributed by atoms with Gasteiger partial charge in [-0.05, 0) is 37.1 Å². The molecule has 2 aliphatic heterocycles. The molecule has 0 radical (unpaired) electrons. The van der Waals surface area contributed by atoms with Crippen LogP contribution in [0.3, 0.4) is 0 Å². The van der Waals surface area contributed by atoms with Crippen LogP contribution in [0.5, 0.6) is 0 Å². The second kappa shape index (κ2) is 4.27. The van der Waals surface area contributed by atoms with Crippen molar-refractivity contribution in [3.8, 4) is 0 Å². The molecule has 0 saturated carbocycles. The second-order valence-corrected chi connectivity index (χ2v) is 5.23. The van der Waals surface area contributed by atoms with Crippen LogP contribution in [-0.4, -0.2) is 23.1 Å². The SMILES string of the molecule is O=C(c1ccc(Br)cc1)N1OC2C=CC1CC2. The molecule has 2 unspecified atom stereocenters. The number of rotatable bonds is 1. The molecule has 3 aliphatic rings. The molecule has 1 amide bonds. The van der Waals surface area contributed by atoms with Crippen LogP contribution in [-0.2, 0) is 4.84 Å². The first-order valence-electron chi connectivity index (χ1n) is 5.68. The van der Waals surface area contributed by atoms with Crippen LogP contribution in [0.4, 0.5) is 0 Å². The number of fused-ring (bicyclic) bond motifs is 2. The molecule has 2 heterocycles. The van der Waals surface area contributed by atoms with E-state index >= 15 is 0 Å². The van der Waals surface area contributed by atoms with Crippen LogP contribution in [0.1, 0.15) is 23.2 Å². The Morgan fingerprint density at radius 1 is 1.24 bits per heavy atom. The molecule has 0 spiro atoms. The lowest BCUT2D eigenvalue weighted by molar-refractivity contribution is -0.197. The van der Waals surface area contributed by atoms with E-state index in [-0.39, 0.29) is 18.1 Å². The number of nitrogens with zero attached hydrogens (tertiary/aromatic N) is 1. The number of hydrogen-bond donors (Lipinski definition) is 0. The Bertz CT molecular complexity index is 469. The third-order valence-corrected chi connectivity index (χ3v) is 3.67. The van der Waals surface area contributed by atoms with E-state index in [4.69, 9.17) is 4.84 Å². The van der Waals surface area contributed by atoms with E-state index < -0.39 is 0 Å². The van der Waals surface area contributed by atoms with Crippen LogP contribution < -0.4 is 0 Å². The monoisotopic (exact) mass is 293 g/mol. The molecule has 1 saturated heterocycles. The molecule has 0 aromatic heterocycles. The van der Waals surface area contributed by atoms with Crippen molar-refractivity contribution in [2.24, 2.45) is 0 Å². The Morgan fingerprint density at radius 3 is 2.53 bits per heavy atom. The van der Waals surface area contributed by atoms with Crippen molar-refractivity contribution in [1.82, 2.24) is 5.06 Å². The first-order chi connectivity index (χ1) is 8.24. The average Bonchev–Trinajstić information content (AvgIpc) is 2.40. The Labute approximate surface area is 108 Å². The summed E-state index contributed by atoms with van der Waals surface area (Å²) in [4.78, 5) is 17.9. The van der Waals surface area contributed by atoms with Gasteiger partial charge in [-0.1, -0.05) is 28.1 Å². The highest BCUT2D eigenvalue weighted by Gasteiger charge is 2.34. The van der Waals surface area contributed by atoms with Crippen molar-refractivity contribution in [3.05, 3.63) is 46.5 Å². The summed E-state index contributed by atoms with van der Waals surface area (Å²) in [6.45, 7) is 0. The van der Waals surface area contributed by atoms with Crippen LogP contribution >= 0.6 is 15.9 Å². The summed E-state index contributed by atoms with van der Waals surface area (Å²) < 4.78 is 0.968. The van der Waals surface area contributed by atoms with E-state index in [2.05, 4.69) is 22.0 Å². The van der Waals surface area contributed by atoms with Crippen LogP contribution in [0.25, 0.3) is 0 Å². The molecule has 3 nitrogen and oxygen atoms in total. The lowest BCUT2D eigenvalue weighted by Gasteiger charge is -2.40. The van der Waals surface area contributed by atoms with Gasteiger partial charge in [0.05, 0.1) is 6.04 Å². The molecule has 2 bridgehead atoms. The average molecular weight is 294 g/mol. The minimum absolute atomic E-state index is 0.0587. The van der Waals surface area contributed by atoms with Gasteiger partial charge in [-0.3, -0.25) is 9.63 Å². The summed E-state index contributed by atoms with van der Waals surface area (Å²) in [6.07, 6.45) is 6.17. The molecular formula is C13H12BrNO2. The van der Waals surface area contributed by atoms with Gasteiger partial charge in [0.15, 0.2) is 0 Å². The summed E-state index contributed by atoms with van der Waals surface area (Å²) in [6, 6.07) is 7.44. The number of hydroxylamine groups is 2. The highest BCUT2D eigenvalue weighted by Crippen LogP contribution is 2.28. The van der Waals surface area contributed by atoms with E-state index in [0.29, 0.717) is 5.56 Å². The molecule has 4 heteroatoms. The molecule has 1 aromatic carbocycles. The van der Waals surface area contributed by atoms with Crippen molar-refractivity contribution in [3.63, 3.8) is 0 Å². The molecule has 88 valence electrons. The van der Waals surface area contributed by atoms with Crippen LogP contribution in [0.15, 0.2) is 40.9 Å². The normalized spacial score (nSPS) is 26.3. The topological polar surface area (TPSA) is 29.5 Å². The standard InChI is InChI=1S/C13H12BrNO2/c14-10-3-1-9(2-4-10)13(16)15-11-5-7-12(17-15)8-6-11/h1-5,7,11-12H,6,8H2. The van der Waals surface area contributed by atoms with Crippen molar-refractivity contribution >= 4 is 21.8 Å². The fourth-order valence-corrected chi connectivity index (χ4v) is 2.47. The first-order valence-corrected chi connectivity index (χ1v) is 6.47. The van der Waals surface area contributed by atoms with Gasteiger partial charge < -0.3 is 0 Å². The Kier molecular flexibility index (Phi) is 2.76. The summed E-state index contributed by atoms with van der Waals surface area (Å²) in [5, 5.41) is 1.51. The fraction of sp³-hybridized carbons (Fsp3) is 0.308. The summed E-state index contributed by atoms with van der Waals surface area (Å²) >= 11 is 3.36. The summed E-state index contributed by atoms with van der Waals surface area (Å²) in [5.41, 5.74) is 0.661. The van der Waals surface area contributed by atoms with Crippen molar-refractivity contribution in [2.75, 3.05) is 0 Å². The van der Waals surface area contributed by atoms with Gasteiger partial charge in [0.25, 0.3) is 5.91 Å². The van der Waals surface area contributed by atoms with Gasteiger partial charge in [0.1, 0.15) is 6.10 Å². The smallest absolute Gasteiger partial charge is 0.267 e. The minimum atomic E-state index is -0.0587. The number of amides is 1. The zero-order valence-corrected chi connectivity index (χ0v) is 10.8. The van der Waals surface area contributed by atoms with Crippen LogP contribution in [0.2, 0.25) is 0 Å². The van der Waals surface area contributed by atoms with Gasteiger partial charge in [0.2, 0.25) is 0 Å². The molecular weight excluding hydrogens is 282 g/mol. The number of hydrogen-bond acceptors (Lipinski definition) is 2. The summed E-state index contributed by atoms with van der Waals surface area (Å²) in [5.74, 6) is -0.0587. The van der Waals surface area contributed by atoms with Crippen LogP contribution in [0, 0.1) is 0 Å². The third-order valence-electron chi connectivity index (χ3n) is 3.14. The largest absolute Gasteiger partial charge is 0.278 e. The van der Waals surface area contributed by atoms with Gasteiger partial charge in [-0.25, -0.2) is 5.06 Å². The lowest BCUT2D eigenvalue weighted by Crippen LogP contribution is -2.48. The van der Waals surface area contributed by atoms with E-state index in [1.807, 2.05) is 30.3 Å². The maximum absolute atomic E-state index is 12.3. The molecule has 2 atom stereocenters. The summed E-state index contributed by atoms with van der Waals surface area (Å²) in [7, 11) is 0. The quantitative estimate of drug-likeness (QED) is 0.745. The van der Waals surface area contributed by atoms with E-state index in [1.165, 1.54) is 5.06 Å². The lowest BCUT2D eigenvalue weighted by atomic mass is 9.98. The highest BCUT2D eigenvalue weighted by atomic mass is 79.9. The van der Waals surface area contributed by atoms with Gasteiger partial charge in [-0.15, -0.1) is 0 Å². The molecule has 17 heavy (non-hydrogen) atoms. The number of carbonyl (C=O) groups is 1. The molecule has 1 aromatic rings. The molecule has 0 N–H and O–H groups in total. The predicted molar refractivity (Wildman–Crippen MR) is 67.3 cm³/mol. The Morgan fingerprint density at radius 2 is 2.00 bits per heavy atom. The van der Waals surface area contributed by atoms with E-state index in [0.717, 1.165) is 17.3 Å². The van der Waals surface area contributed by atoms with Gasteiger partial charge >= 0.3 is 0 Å². The zero-order valence-electron chi connectivity index (χ0n) is 9.17. The van der Waals surface area contributed by atoms with Crippen molar-refractivity contribution in [1.29, 1.82) is 0 Å². The molecule has 4 rings (SSSR count). The Balaban J connectivity index is 1.83. The molecule has 1 fully saturated rings. The molecule has 1 aliphatic carbocycles. The Hall–Kier alpha value is -1.13. The number of carbonyl (C=O) groups excluding carboxylic acids is 1. The fourth-order valence-electron chi connectivity index (χ4n) is 2.21. The highest BCUT2D eigenvalue weighted by molar-refractivity contribution is 9.10. The predicted octanol–water partition coefficient (Wildman–Crippen LogP) is 2.92. The second-order valence-electron chi connectivity index (χ2n) is 4.31. The van der Waals surface area contributed by atoms with Crippen molar-refractivity contribution in [2.45, 2.75) is 25.0 Å². The zero-order chi connectivity index (χ0) is 11.8. The van der Waals surface area contributed by atoms with E-state index in [1.54, 1.807) is 0 Å². The minimum Gasteiger partial charge on any atom is -0.267 e. The number of benzene rings is 1. The maximum Gasteiger partial charge on any atom is 0.278 e. The maximum atomic E-state index is 12.3. The third kappa shape index (κ3) is 2.03. The van der Waals surface area contributed by atoms with E-state index in [9.17, 15) is 4.79 Å².